The van der Waals surface area contributed by atoms with Gasteiger partial charge in [-0.15, -0.1) is 0 Å². The molecule has 2 aromatic rings. The number of benzene rings is 2. The van der Waals surface area contributed by atoms with Crippen LogP contribution in [0.3, 0.4) is 0 Å². The number of carbonyl (C=O) groups excluding carboxylic acids is 1. The number of nitrogens with one attached hydrogen (secondary N) is 1. The second-order valence-corrected chi connectivity index (χ2v) is 4.15. The minimum atomic E-state index is -0.667. The number of nitrogens with two attached hydrogens (primary N) is 2. The number of amides is 1. The Balaban J connectivity index is 2.15. The number of halogens is 1. The first-order valence-electron chi connectivity index (χ1n) is 5.74. The molecule has 0 saturated heterocycles. The van der Waals surface area contributed by atoms with Gasteiger partial charge in [0.2, 0.25) is 0 Å². The van der Waals surface area contributed by atoms with Crippen LogP contribution >= 0.6 is 0 Å². The molecule has 0 spiro atoms. The predicted octanol–water partition coefficient (Wildman–Crippen LogP) is 2.12. The molecular formula is C14H14FN3O. The van der Waals surface area contributed by atoms with Gasteiger partial charge in [0.15, 0.2) is 0 Å². The van der Waals surface area contributed by atoms with Gasteiger partial charge in [-0.3, -0.25) is 4.79 Å². The Morgan fingerprint density at radius 2 is 1.84 bits per heavy atom. The second-order valence-electron chi connectivity index (χ2n) is 4.15. The maximum absolute atomic E-state index is 13.1. The minimum Gasteiger partial charge on any atom is -0.399 e. The van der Waals surface area contributed by atoms with Crippen LogP contribution in [-0.4, -0.2) is 5.91 Å². The van der Waals surface area contributed by atoms with Gasteiger partial charge in [0.05, 0.1) is 5.56 Å². The summed E-state index contributed by atoms with van der Waals surface area (Å²) in [6, 6.07) is 11.2. The van der Waals surface area contributed by atoms with Gasteiger partial charge in [-0.05, 0) is 35.9 Å². The molecule has 0 aliphatic heterocycles. The topological polar surface area (TPSA) is 81.1 Å². The van der Waals surface area contributed by atoms with E-state index >= 15 is 0 Å². The Hall–Kier alpha value is -2.56. The number of anilines is 2. The van der Waals surface area contributed by atoms with Crippen LogP contribution in [0.4, 0.5) is 15.8 Å². The molecule has 98 valence electrons. The van der Waals surface area contributed by atoms with Gasteiger partial charge in [-0.1, -0.05) is 12.1 Å². The van der Waals surface area contributed by atoms with Crippen LogP contribution in [-0.2, 0) is 6.54 Å². The molecule has 4 nitrogen and oxygen atoms in total. The zero-order chi connectivity index (χ0) is 13.8. The molecule has 1 amide bonds. The van der Waals surface area contributed by atoms with Crippen molar-refractivity contribution in [2.24, 2.45) is 5.73 Å². The maximum Gasteiger partial charge on any atom is 0.250 e. The fourth-order valence-corrected chi connectivity index (χ4v) is 1.71. The number of nitrogen functional groups attached to an aromatic ring is 1. The normalized spacial score (nSPS) is 10.2. The van der Waals surface area contributed by atoms with Gasteiger partial charge in [-0.2, -0.15) is 0 Å². The molecular weight excluding hydrogens is 245 g/mol. The van der Waals surface area contributed by atoms with Crippen LogP contribution in [0, 0.1) is 5.82 Å². The SMILES string of the molecule is NC(=O)c1cc(F)ccc1NCc1ccc(N)cc1. The smallest absolute Gasteiger partial charge is 0.250 e. The Morgan fingerprint density at radius 3 is 2.47 bits per heavy atom. The van der Waals surface area contributed by atoms with E-state index in [1.807, 2.05) is 12.1 Å². The monoisotopic (exact) mass is 259 g/mol. The largest absolute Gasteiger partial charge is 0.399 e. The van der Waals surface area contributed by atoms with E-state index in [-0.39, 0.29) is 5.56 Å². The van der Waals surface area contributed by atoms with E-state index in [9.17, 15) is 9.18 Å². The van der Waals surface area contributed by atoms with E-state index in [1.54, 1.807) is 12.1 Å². The molecule has 0 aliphatic rings. The van der Waals surface area contributed by atoms with Crippen molar-refractivity contribution in [2.45, 2.75) is 6.54 Å². The Kier molecular flexibility index (Phi) is 3.66. The summed E-state index contributed by atoms with van der Waals surface area (Å²) in [4.78, 5) is 11.2. The lowest BCUT2D eigenvalue weighted by Crippen LogP contribution is -2.14. The summed E-state index contributed by atoms with van der Waals surface area (Å²) in [6.07, 6.45) is 0. The highest BCUT2D eigenvalue weighted by atomic mass is 19.1. The lowest BCUT2D eigenvalue weighted by Gasteiger charge is -2.10. The standard InChI is InChI=1S/C14H14FN3O/c15-10-3-6-13(12(7-10)14(17)19)18-8-9-1-4-11(16)5-2-9/h1-7,18H,8,16H2,(H2,17,19). The van der Waals surface area contributed by atoms with Gasteiger partial charge in [0.1, 0.15) is 5.82 Å². The average molecular weight is 259 g/mol. The summed E-state index contributed by atoms with van der Waals surface area (Å²) in [5, 5.41) is 3.05. The maximum atomic E-state index is 13.1. The third kappa shape index (κ3) is 3.22. The van der Waals surface area contributed by atoms with Gasteiger partial charge < -0.3 is 16.8 Å². The first-order valence-corrected chi connectivity index (χ1v) is 5.74. The molecule has 0 atom stereocenters. The molecule has 0 aliphatic carbocycles. The highest BCUT2D eigenvalue weighted by Gasteiger charge is 2.09. The number of primary amides is 1. The fraction of sp³-hybridized carbons (Fsp3) is 0.0714. The van der Waals surface area contributed by atoms with Gasteiger partial charge in [0.25, 0.3) is 5.91 Å². The third-order valence-electron chi connectivity index (χ3n) is 2.71. The Labute approximate surface area is 110 Å². The van der Waals surface area contributed by atoms with Crippen molar-refractivity contribution in [1.82, 2.24) is 0 Å². The lowest BCUT2D eigenvalue weighted by atomic mass is 10.1. The minimum absolute atomic E-state index is 0.135. The van der Waals surface area contributed by atoms with Crippen LogP contribution in [0.5, 0.6) is 0 Å². The molecule has 5 N–H and O–H groups in total. The number of hydrogen-bond acceptors (Lipinski definition) is 3. The van der Waals surface area contributed by atoms with Crippen molar-refractivity contribution < 1.29 is 9.18 Å². The summed E-state index contributed by atoms with van der Waals surface area (Å²) >= 11 is 0. The zero-order valence-corrected chi connectivity index (χ0v) is 10.2. The van der Waals surface area contributed by atoms with E-state index in [2.05, 4.69) is 5.32 Å². The van der Waals surface area contributed by atoms with Crippen LogP contribution < -0.4 is 16.8 Å². The third-order valence-corrected chi connectivity index (χ3v) is 2.71. The molecule has 0 saturated carbocycles. The van der Waals surface area contributed by atoms with Crippen molar-refractivity contribution >= 4 is 17.3 Å². The highest BCUT2D eigenvalue weighted by molar-refractivity contribution is 5.98. The molecule has 0 aromatic heterocycles. The lowest BCUT2D eigenvalue weighted by molar-refractivity contribution is 0.100. The molecule has 0 radical (unpaired) electrons. The van der Waals surface area contributed by atoms with Crippen molar-refractivity contribution in [1.29, 1.82) is 0 Å². The average Bonchev–Trinajstić information content (AvgIpc) is 2.39. The molecule has 2 rings (SSSR count). The predicted molar refractivity (Wildman–Crippen MR) is 73.1 cm³/mol. The fourth-order valence-electron chi connectivity index (χ4n) is 1.71. The van der Waals surface area contributed by atoms with E-state index in [1.165, 1.54) is 12.1 Å². The van der Waals surface area contributed by atoms with E-state index < -0.39 is 11.7 Å². The number of hydrogen-bond donors (Lipinski definition) is 3. The summed E-state index contributed by atoms with van der Waals surface area (Å²) in [7, 11) is 0. The summed E-state index contributed by atoms with van der Waals surface area (Å²) in [5.41, 5.74) is 13.1. The van der Waals surface area contributed by atoms with Crippen LogP contribution in [0.2, 0.25) is 0 Å². The number of carbonyl (C=O) groups is 1. The van der Waals surface area contributed by atoms with E-state index in [4.69, 9.17) is 11.5 Å². The quantitative estimate of drug-likeness (QED) is 0.736. The van der Waals surface area contributed by atoms with E-state index in [0.29, 0.717) is 17.9 Å². The number of rotatable bonds is 4. The molecule has 19 heavy (non-hydrogen) atoms. The van der Waals surface area contributed by atoms with Crippen LogP contribution in [0.1, 0.15) is 15.9 Å². The van der Waals surface area contributed by atoms with Gasteiger partial charge in [-0.25, -0.2) is 4.39 Å². The summed E-state index contributed by atoms with van der Waals surface area (Å²) in [6.45, 7) is 0.492. The summed E-state index contributed by atoms with van der Waals surface area (Å²) < 4.78 is 13.1. The Morgan fingerprint density at radius 1 is 1.16 bits per heavy atom. The molecule has 0 fully saturated rings. The van der Waals surface area contributed by atoms with Gasteiger partial charge in [0, 0.05) is 17.9 Å². The van der Waals surface area contributed by atoms with Crippen molar-refractivity contribution in [2.75, 3.05) is 11.1 Å². The van der Waals surface area contributed by atoms with Gasteiger partial charge >= 0.3 is 0 Å². The summed E-state index contributed by atoms with van der Waals surface area (Å²) in [5.74, 6) is -1.16. The highest BCUT2D eigenvalue weighted by Crippen LogP contribution is 2.17. The van der Waals surface area contributed by atoms with Crippen molar-refractivity contribution in [3.8, 4) is 0 Å². The van der Waals surface area contributed by atoms with Crippen LogP contribution in [0.25, 0.3) is 0 Å². The van der Waals surface area contributed by atoms with Crippen LogP contribution in [0.15, 0.2) is 42.5 Å². The zero-order valence-electron chi connectivity index (χ0n) is 10.2. The first-order chi connectivity index (χ1) is 9.06. The molecule has 2 aromatic carbocycles. The molecule has 0 unspecified atom stereocenters. The van der Waals surface area contributed by atoms with Crippen molar-refractivity contribution in [3.63, 3.8) is 0 Å². The Bertz CT molecular complexity index is 596. The molecule has 0 heterocycles. The second kappa shape index (κ2) is 5.39. The molecule has 5 heteroatoms. The first kappa shape index (κ1) is 12.9. The van der Waals surface area contributed by atoms with Crippen molar-refractivity contribution in [3.05, 3.63) is 59.4 Å². The molecule has 0 bridgehead atoms. The van der Waals surface area contributed by atoms with E-state index in [0.717, 1.165) is 11.6 Å².